The van der Waals surface area contributed by atoms with E-state index in [1.807, 2.05) is 18.2 Å². The number of carbonyl (C=O) groups is 1. The van der Waals surface area contributed by atoms with Crippen molar-refractivity contribution in [1.82, 2.24) is 0 Å². The molecule has 2 heterocycles. The van der Waals surface area contributed by atoms with Gasteiger partial charge < -0.3 is 15.0 Å². The zero-order valence-electron chi connectivity index (χ0n) is 11.6. The number of halogens is 2. The fraction of sp³-hybridized carbons (Fsp3) is 0.267. The van der Waals surface area contributed by atoms with E-state index in [0.29, 0.717) is 23.1 Å². The van der Waals surface area contributed by atoms with Gasteiger partial charge in [0.2, 0.25) is 0 Å². The average Bonchev–Trinajstić information content (AvgIpc) is 2.95. The first-order valence-electron chi connectivity index (χ1n) is 6.82. The van der Waals surface area contributed by atoms with Crippen LogP contribution in [-0.2, 0) is 4.74 Å². The second kappa shape index (κ2) is 7.00. The van der Waals surface area contributed by atoms with Gasteiger partial charge in [-0.1, -0.05) is 11.6 Å². The molecule has 0 atom stereocenters. The fourth-order valence-electron chi connectivity index (χ4n) is 2.31. The molecule has 116 valence electrons. The summed E-state index contributed by atoms with van der Waals surface area (Å²) in [5.74, 6) is -0.132. The molecule has 0 unspecified atom stereocenters. The highest BCUT2D eigenvalue weighted by molar-refractivity contribution is 9.11. The van der Waals surface area contributed by atoms with Gasteiger partial charge in [-0.05, 0) is 46.3 Å². The molecule has 1 saturated heterocycles. The maximum Gasteiger partial charge on any atom is 0.265 e. The number of morpholine rings is 1. The van der Waals surface area contributed by atoms with Gasteiger partial charge in [0.25, 0.3) is 5.91 Å². The lowest BCUT2D eigenvalue weighted by Crippen LogP contribution is -2.36. The summed E-state index contributed by atoms with van der Waals surface area (Å²) in [6.45, 7) is 2.98. The highest BCUT2D eigenvalue weighted by Crippen LogP contribution is 2.31. The van der Waals surface area contributed by atoms with E-state index >= 15 is 0 Å². The van der Waals surface area contributed by atoms with Gasteiger partial charge in [0.1, 0.15) is 0 Å². The molecule has 1 aromatic carbocycles. The lowest BCUT2D eigenvalue weighted by molar-refractivity contribution is 0.103. The Labute approximate surface area is 146 Å². The largest absolute Gasteiger partial charge is 0.378 e. The summed E-state index contributed by atoms with van der Waals surface area (Å²) in [6, 6.07) is 9.22. The molecule has 4 nitrogen and oxygen atoms in total. The molecule has 0 aliphatic carbocycles. The number of nitrogens with zero attached hydrogens (tertiary/aromatic N) is 1. The van der Waals surface area contributed by atoms with Crippen LogP contribution in [0.2, 0.25) is 5.02 Å². The summed E-state index contributed by atoms with van der Waals surface area (Å²) >= 11 is 10.9. The zero-order valence-corrected chi connectivity index (χ0v) is 14.8. The van der Waals surface area contributed by atoms with Crippen LogP contribution in [0.25, 0.3) is 0 Å². The molecule has 1 N–H and O–H groups in total. The standard InChI is InChI=1S/C15H14BrClN2O2S/c16-14-4-3-13(22-14)15(20)18-11-9-10(17)1-2-12(11)19-5-7-21-8-6-19/h1-4,9H,5-8H2,(H,18,20). The van der Waals surface area contributed by atoms with E-state index in [4.69, 9.17) is 16.3 Å². The van der Waals surface area contributed by atoms with Crippen LogP contribution in [0.3, 0.4) is 0 Å². The van der Waals surface area contributed by atoms with Crippen molar-refractivity contribution in [2.24, 2.45) is 0 Å². The molecule has 1 fully saturated rings. The zero-order chi connectivity index (χ0) is 15.5. The van der Waals surface area contributed by atoms with Crippen LogP contribution >= 0.6 is 38.9 Å². The normalized spacial score (nSPS) is 14.9. The minimum absolute atomic E-state index is 0.132. The van der Waals surface area contributed by atoms with Crippen LogP contribution in [-0.4, -0.2) is 32.2 Å². The highest BCUT2D eigenvalue weighted by atomic mass is 79.9. The number of thiophene rings is 1. The number of amides is 1. The van der Waals surface area contributed by atoms with E-state index in [9.17, 15) is 4.79 Å². The van der Waals surface area contributed by atoms with E-state index in [1.165, 1.54) is 11.3 Å². The van der Waals surface area contributed by atoms with Crippen molar-refractivity contribution in [2.45, 2.75) is 0 Å². The molecule has 22 heavy (non-hydrogen) atoms. The van der Waals surface area contributed by atoms with E-state index in [0.717, 1.165) is 28.3 Å². The van der Waals surface area contributed by atoms with Crippen LogP contribution in [0.5, 0.6) is 0 Å². The Bertz CT molecular complexity index is 686. The number of anilines is 2. The number of hydrogen-bond donors (Lipinski definition) is 1. The Morgan fingerprint density at radius 3 is 2.73 bits per heavy atom. The smallest absolute Gasteiger partial charge is 0.265 e. The molecule has 3 rings (SSSR count). The summed E-state index contributed by atoms with van der Waals surface area (Å²) in [5, 5.41) is 3.56. The molecule has 1 aromatic heterocycles. The first-order valence-corrected chi connectivity index (χ1v) is 8.81. The summed E-state index contributed by atoms with van der Waals surface area (Å²) in [6.07, 6.45) is 0. The SMILES string of the molecule is O=C(Nc1cc(Cl)ccc1N1CCOCC1)c1ccc(Br)s1. The number of benzene rings is 1. The molecular formula is C15H14BrClN2O2S. The lowest BCUT2D eigenvalue weighted by Gasteiger charge is -2.30. The number of hydrogen-bond acceptors (Lipinski definition) is 4. The molecule has 0 saturated carbocycles. The van der Waals surface area contributed by atoms with Gasteiger partial charge in [-0.25, -0.2) is 0 Å². The van der Waals surface area contributed by atoms with Crippen molar-refractivity contribution < 1.29 is 9.53 Å². The van der Waals surface area contributed by atoms with Gasteiger partial charge in [-0.3, -0.25) is 4.79 Å². The van der Waals surface area contributed by atoms with Crippen molar-refractivity contribution in [3.8, 4) is 0 Å². The summed E-state index contributed by atoms with van der Waals surface area (Å²) in [4.78, 5) is 15.2. The third-order valence-electron chi connectivity index (χ3n) is 3.36. The first kappa shape index (κ1) is 15.8. The Hall–Kier alpha value is -1.08. The minimum atomic E-state index is -0.132. The molecule has 1 aliphatic rings. The Balaban J connectivity index is 1.85. The van der Waals surface area contributed by atoms with Crippen LogP contribution in [0, 0.1) is 0 Å². The Kier molecular flexibility index (Phi) is 5.03. The molecule has 0 radical (unpaired) electrons. The van der Waals surface area contributed by atoms with Crippen molar-refractivity contribution >= 4 is 56.1 Å². The van der Waals surface area contributed by atoms with E-state index in [2.05, 4.69) is 26.1 Å². The second-order valence-electron chi connectivity index (χ2n) is 4.82. The number of ether oxygens (including phenoxy) is 1. The third kappa shape index (κ3) is 3.63. The predicted octanol–water partition coefficient (Wildman–Crippen LogP) is 4.25. The van der Waals surface area contributed by atoms with Crippen LogP contribution in [0.1, 0.15) is 9.67 Å². The van der Waals surface area contributed by atoms with Crippen LogP contribution in [0.15, 0.2) is 34.1 Å². The van der Waals surface area contributed by atoms with Crippen molar-refractivity contribution in [3.05, 3.63) is 44.0 Å². The highest BCUT2D eigenvalue weighted by Gasteiger charge is 2.17. The monoisotopic (exact) mass is 400 g/mol. The summed E-state index contributed by atoms with van der Waals surface area (Å²) in [7, 11) is 0. The minimum Gasteiger partial charge on any atom is -0.378 e. The second-order valence-corrected chi connectivity index (χ2v) is 7.72. The summed E-state index contributed by atoms with van der Waals surface area (Å²) in [5.41, 5.74) is 1.69. The Morgan fingerprint density at radius 2 is 2.05 bits per heavy atom. The van der Waals surface area contributed by atoms with Crippen molar-refractivity contribution in [3.63, 3.8) is 0 Å². The van der Waals surface area contributed by atoms with E-state index in [1.54, 1.807) is 12.1 Å². The molecule has 0 spiro atoms. The van der Waals surface area contributed by atoms with Gasteiger partial charge in [0.15, 0.2) is 0 Å². The number of carbonyl (C=O) groups excluding carboxylic acids is 1. The first-order chi connectivity index (χ1) is 10.6. The van der Waals surface area contributed by atoms with Gasteiger partial charge in [-0.2, -0.15) is 0 Å². The van der Waals surface area contributed by atoms with Crippen molar-refractivity contribution in [1.29, 1.82) is 0 Å². The van der Waals surface area contributed by atoms with Crippen molar-refractivity contribution in [2.75, 3.05) is 36.5 Å². The number of nitrogens with one attached hydrogen (secondary N) is 1. The lowest BCUT2D eigenvalue weighted by atomic mass is 10.2. The Morgan fingerprint density at radius 1 is 1.27 bits per heavy atom. The summed E-state index contributed by atoms with van der Waals surface area (Å²) < 4.78 is 6.31. The van der Waals surface area contributed by atoms with Gasteiger partial charge in [-0.15, -0.1) is 11.3 Å². The van der Waals surface area contributed by atoms with Gasteiger partial charge in [0.05, 0.1) is 33.3 Å². The maximum absolute atomic E-state index is 12.4. The molecule has 0 bridgehead atoms. The molecule has 1 amide bonds. The quantitative estimate of drug-likeness (QED) is 0.836. The molecule has 1 aliphatic heterocycles. The van der Waals surface area contributed by atoms with Gasteiger partial charge >= 0.3 is 0 Å². The van der Waals surface area contributed by atoms with E-state index in [-0.39, 0.29) is 5.91 Å². The predicted molar refractivity (Wildman–Crippen MR) is 94.5 cm³/mol. The molecular weight excluding hydrogens is 388 g/mol. The number of rotatable bonds is 3. The molecule has 2 aromatic rings. The van der Waals surface area contributed by atoms with E-state index < -0.39 is 0 Å². The third-order valence-corrected chi connectivity index (χ3v) is 5.21. The van der Waals surface area contributed by atoms with Gasteiger partial charge in [0, 0.05) is 18.1 Å². The van der Waals surface area contributed by atoms with Crippen LogP contribution in [0.4, 0.5) is 11.4 Å². The molecule has 7 heteroatoms. The maximum atomic E-state index is 12.4. The topological polar surface area (TPSA) is 41.6 Å². The average molecular weight is 402 g/mol. The fourth-order valence-corrected chi connectivity index (χ4v) is 3.76. The van der Waals surface area contributed by atoms with Crippen LogP contribution < -0.4 is 10.2 Å².